The number of ether oxygens (including phenoxy) is 1. The van der Waals surface area contributed by atoms with Gasteiger partial charge in [-0.15, -0.1) is 12.4 Å². The minimum absolute atomic E-state index is 0. The SMILES string of the molecule is CO[C@@H]1CNC[C@H](O)C1.Cl. The van der Waals surface area contributed by atoms with Gasteiger partial charge in [0.05, 0.1) is 12.2 Å². The normalized spacial score (nSPS) is 33.0. The summed E-state index contributed by atoms with van der Waals surface area (Å²) in [7, 11) is 1.67. The van der Waals surface area contributed by atoms with Gasteiger partial charge < -0.3 is 15.2 Å². The van der Waals surface area contributed by atoms with Crippen LogP contribution in [0.15, 0.2) is 0 Å². The van der Waals surface area contributed by atoms with Gasteiger partial charge in [0.25, 0.3) is 0 Å². The van der Waals surface area contributed by atoms with Gasteiger partial charge in [0.15, 0.2) is 0 Å². The molecule has 0 aliphatic carbocycles. The summed E-state index contributed by atoms with van der Waals surface area (Å²) < 4.78 is 5.04. The van der Waals surface area contributed by atoms with E-state index < -0.39 is 0 Å². The molecule has 1 saturated heterocycles. The number of nitrogens with one attached hydrogen (secondary N) is 1. The zero-order chi connectivity index (χ0) is 6.69. The maximum Gasteiger partial charge on any atom is 0.0720 e. The van der Waals surface area contributed by atoms with Crippen molar-refractivity contribution in [3.63, 3.8) is 0 Å². The molecule has 0 amide bonds. The van der Waals surface area contributed by atoms with Gasteiger partial charge >= 0.3 is 0 Å². The van der Waals surface area contributed by atoms with Crippen molar-refractivity contribution in [2.75, 3.05) is 20.2 Å². The summed E-state index contributed by atoms with van der Waals surface area (Å²) in [5.41, 5.74) is 0. The highest BCUT2D eigenvalue weighted by atomic mass is 35.5. The van der Waals surface area contributed by atoms with E-state index >= 15 is 0 Å². The standard InChI is InChI=1S/C6H13NO2.ClH/c1-9-6-2-5(8)3-7-4-6;/h5-8H,2-4H2,1H3;1H/t5-,6+;/m1./s1. The molecule has 2 N–H and O–H groups in total. The van der Waals surface area contributed by atoms with Gasteiger partial charge in [-0.3, -0.25) is 0 Å². The highest BCUT2D eigenvalue weighted by Gasteiger charge is 2.18. The fourth-order valence-corrected chi connectivity index (χ4v) is 1.06. The van der Waals surface area contributed by atoms with Crippen molar-refractivity contribution in [3.05, 3.63) is 0 Å². The Bertz CT molecular complexity index is 91.8. The second-order valence-electron chi connectivity index (χ2n) is 2.41. The summed E-state index contributed by atoms with van der Waals surface area (Å²) in [6, 6.07) is 0. The van der Waals surface area contributed by atoms with Crippen LogP contribution in [-0.2, 0) is 4.74 Å². The lowest BCUT2D eigenvalue weighted by Gasteiger charge is -2.25. The third-order valence-electron chi connectivity index (χ3n) is 1.62. The van der Waals surface area contributed by atoms with E-state index in [0.717, 1.165) is 13.0 Å². The third kappa shape index (κ3) is 2.84. The third-order valence-corrected chi connectivity index (χ3v) is 1.62. The topological polar surface area (TPSA) is 41.5 Å². The van der Waals surface area contributed by atoms with Crippen LogP contribution in [0.5, 0.6) is 0 Å². The first-order valence-electron chi connectivity index (χ1n) is 3.24. The fraction of sp³-hybridized carbons (Fsp3) is 1.00. The lowest BCUT2D eigenvalue weighted by atomic mass is 10.1. The molecular weight excluding hydrogens is 154 g/mol. The second-order valence-corrected chi connectivity index (χ2v) is 2.41. The summed E-state index contributed by atoms with van der Waals surface area (Å²) in [6.45, 7) is 1.58. The zero-order valence-electron chi connectivity index (χ0n) is 6.04. The van der Waals surface area contributed by atoms with E-state index in [2.05, 4.69) is 5.32 Å². The van der Waals surface area contributed by atoms with Crippen LogP contribution >= 0.6 is 12.4 Å². The van der Waals surface area contributed by atoms with Gasteiger partial charge in [0.2, 0.25) is 0 Å². The van der Waals surface area contributed by atoms with E-state index in [0.29, 0.717) is 6.54 Å². The Morgan fingerprint density at radius 2 is 2.20 bits per heavy atom. The smallest absolute Gasteiger partial charge is 0.0720 e. The molecule has 1 aliphatic heterocycles. The van der Waals surface area contributed by atoms with Crippen molar-refractivity contribution in [1.29, 1.82) is 0 Å². The van der Waals surface area contributed by atoms with Gasteiger partial charge in [-0.2, -0.15) is 0 Å². The van der Waals surface area contributed by atoms with Crippen LogP contribution in [0.4, 0.5) is 0 Å². The Hall–Kier alpha value is 0.170. The summed E-state index contributed by atoms with van der Waals surface area (Å²) in [5.74, 6) is 0. The number of β-amino-alcohol motifs (C(OH)–C–C–N with tert-alkyl or cyclic N) is 1. The average Bonchev–Trinajstić information content (AvgIpc) is 1.88. The van der Waals surface area contributed by atoms with E-state index in [1.54, 1.807) is 7.11 Å². The molecular formula is C6H14ClNO2. The minimum atomic E-state index is -0.219. The summed E-state index contributed by atoms with van der Waals surface area (Å²) in [5, 5.41) is 12.1. The summed E-state index contributed by atoms with van der Waals surface area (Å²) in [4.78, 5) is 0. The average molecular weight is 168 g/mol. The molecule has 1 rings (SSSR count). The Balaban J connectivity index is 0.000000810. The van der Waals surface area contributed by atoms with Gasteiger partial charge in [0.1, 0.15) is 0 Å². The molecule has 0 radical (unpaired) electrons. The number of methoxy groups -OCH3 is 1. The number of halogens is 1. The van der Waals surface area contributed by atoms with E-state index in [1.807, 2.05) is 0 Å². The van der Waals surface area contributed by atoms with Crippen LogP contribution in [0.3, 0.4) is 0 Å². The quantitative estimate of drug-likeness (QED) is 0.568. The molecule has 0 spiro atoms. The van der Waals surface area contributed by atoms with Crippen molar-refractivity contribution in [2.45, 2.75) is 18.6 Å². The van der Waals surface area contributed by atoms with Gasteiger partial charge in [-0.1, -0.05) is 0 Å². The van der Waals surface area contributed by atoms with Crippen LogP contribution < -0.4 is 5.32 Å². The monoisotopic (exact) mass is 167 g/mol. The predicted molar refractivity (Wildman–Crippen MR) is 41.5 cm³/mol. The molecule has 3 nitrogen and oxygen atoms in total. The summed E-state index contributed by atoms with van der Waals surface area (Å²) >= 11 is 0. The number of hydrogen-bond donors (Lipinski definition) is 2. The Kier molecular flexibility index (Phi) is 4.99. The summed E-state index contributed by atoms with van der Waals surface area (Å²) in [6.07, 6.45) is 0.751. The fourth-order valence-electron chi connectivity index (χ4n) is 1.06. The van der Waals surface area contributed by atoms with Crippen molar-refractivity contribution in [3.8, 4) is 0 Å². The van der Waals surface area contributed by atoms with Gasteiger partial charge in [-0.25, -0.2) is 0 Å². The van der Waals surface area contributed by atoms with E-state index in [-0.39, 0.29) is 24.6 Å². The maximum atomic E-state index is 9.07. The molecule has 62 valence electrons. The molecule has 4 heteroatoms. The first-order valence-corrected chi connectivity index (χ1v) is 3.24. The van der Waals surface area contributed by atoms with Crippen LogP contribution in [0, 0.1) is 0 Å². The number of piperidine rings is 1. The Morgan fingerprint density at radius 3 is 2.60 bits per heavy atom. The largest absolute Gasteiger partial charge is 0.392 e. The highest BCUT2D eigenvalue weighted by molar-refractivity contribution is 5.85. The molecule has 0 aromatic rings. The molecule has 0 unspecified atom stereocenters. The van der Waals surface area contributed by atoms with Crippen molar-refractivity contribution < 1.29 is 9.84 Å². The van der Waals surface area contributed by atoms with Crippen molar-refractivity contribution in [2.24, 2.45) is 0 Å². The van der Waals surface area contributed by atoms with Crippen molar-refractivity contribution >= 4 is 12.4 Å². The Morgan fingerprint density at radius 1 is 1.50 bits per heavy atom. The van der Waals surface area contributed by atoms with Crippen LogP contribution in [0.25, 0.3) is 0 Å². The molecule has 1 heterocycles. The van der Waals surface area contributed by atoms with E-state index in [4.69, 9.17) is 9.84 Å². The minimum Gasteiger partial charge on any atom is -0.392 e. The molecule has 0 aromatic heterocycles. The lowest BCUT2D eigenvalue weighted by molar-refractivity contribution is 0.0225. The second kappa shape index (κ2) is 4.91. The number of rotatable bonds is 1. The first-order chi connectivity index (χ1) is 4.33. The molecule has 1 aliphatic rings. The lowest BCUT2D eigenvalue weighted by Crippen LogP contribution is -2.42. The van der Waals surface area contributed by atoms with Crippen molar-refractivity contribution in [1.82, 2.24) is 5.32 Å². The highest BCUT2D eigenvalue weighted by Crippen LogP contribution is 2.04. The molecule has 0 bridgehead atoms. The zero-order valence-corrected chi connectivity index (χ0v) is 6.86. The van der Waals surface area contributed by atoms with E-state index in [9.17, 15) is 0 Å². The number of aliphatic hydroxyl groups is 1. The maximum absolute atomic E-state index is 9.07. The van der Waals surface area contributed by atoms with Crippen LogP contribution in [-0.4, -0.2) is 37.5 Å². The molecule has 0 aromatic carbocycles. The first kappa shape index (κ1) is 10.2. The molecule has 1 fully saturated rings. The van der Waals surface area contributed by atoms with Gasteiger partial charge in [-0.05, 0) is 0 Å². The molecule has 10 heavy (non-hydrogen) atoms. The molecule has 0 saturated carbocycles. The number of aliphatic hydroxyl groups excluding tert-OH is 1. The van der Waals surface area contributed by atoms with Gasteiger partial charge in [0, 0.05) is 26.6 Å². The van der Waals surface area contributed by atoms with E-state index in [1.165, 1.54) is 0 Å². The molecule has 2 atom stereocenters. The van der Waals surface area contributed by atoms with Crippen LogP contribution in [0.2, 0.25) is 0 Å². The predicted octanol–water partition coefficient (Wildman–Crippen LogP) is -0.223. The number of hydrogen-bond acceptors (Lipinski definition) is 3. The van der Waals surface area contributed by atoms with Crippen LogP contribution in [0.1, 0.15) is 6.42 Å². The Labute approximate surface area is 67.2 Å².